The molecule has 2 heterocycles. The summed E-state index contributed by atoms with van der Waals surface area (Å²) in [4.78, 5) is 16.5. The third kappa shape index (κ3) is 4.91. The van der Waals surface area contributed by atoms with Crippen LogP contribution >= 0.6 is 11.8 Å². The summed E-state index contributed by atoms with van der Waals surface area (Å²) >= 11 is 1.23. The van der Waals surface area contributed by atoms with Gasteiger partial charge in [0.05, 0.1) is 24.7 Å². The van der Waals surface area contributed by atoms with E-state index in [1.807, 2.05) is 11.8 Å². The van der Waals surface area contributed by atoms with Gasteiger partial charge in [-0.1, -0.05) is 17.8 Å². The fraction of sp³-hybridized carbons (Fsp3) is 0.318. The predicted octanol–water partition coefficient (Wildman–Crippen LogP) is 3.53. The van der Waals surface area contributed by atoms with Gasteiger partial charge in [-0.2, -0.15) is 0 Å². The lowest BCUT2D eigenvalue weighted by molar-refractivity contribution is -0.116. The Kier molecular flexibility index (Phi) is 7.01. The minimum absolute atomic E-state index is 0.0990. The van der Waals surface area contributed by atoms with Crippen molar-refractivity contribution >= 4 is 29.3 Å². The van der Waals surface area contributed by atoms with Crippen LogP contribution in [-0.2, 0) is 9.53 Å². The summed E-state index contributed by atoms with van der Waals surface area (Å²) in [7, 11) is 0. The van der Waals surface area contributed by atoms with Crippen LogP contribution < -0.4 is 9.80 Å². The molecule has 1 aromatic heterocycles. The zero-order valence-corrected chi connectivity index (χ0v) is 18.4. The van der Waals surface area contributed by atoms with Crippen LogP contribution in [0, 0.1) is 11.6 Å². The van der Waals surface area contributed by atoms with Crippen molar-refractivity contribution in [1.82, 2.24) is 14.8 Å². The number of amides is 1. The van der Waals surface area contributed by atoms with Crippen molar-refractivity contribution in [3.8, 4) is 5.69 Å². The average molecular weight is 460 g/mol. The number of aromatic nitrogens is 3. The van der Waals surface area contributed by atoms with Gasteiger partial charge in [-0.15, -0.1) is 10.2 Å². The molecular formula is C22H23F2N5O2S. The predicted molar refractivity (Wildman–Crippen MR) is 120 cm³/mol. The molecule has 0 N–H and O–H groups in total. The Bertz CT molecular complexity index is 1070. The third-order valence-electron chi connectivity index (χ3n) is 5.06. The van der Waals surface area contributed by atoms with E-state index in [2.05, 4.69) is 10.2 Å². The minimum Gasteiger partial charge on any atom is -0.378 e. The number of ether oxygens (including phenoxy) is 1. The van der Waals surface area contributed by atoms with Crippen LogP contribution in [0.15, 0.2) is 53.7 Å². The van der Waals surface area contributed by atoms with E-state index in [0.29, 0.717) is 55.3 Å². The van der Waals surface area contributed by atoms with Crippen LogP contribution in [-0.4, -0.2) is 59.3 Å². The number of carbonyl (C=O) groups excluding carboxylic acids is 1. The number of rotatable bonds is 7. The molecule has 1 aliphatic heterocycles. The molecule has 7 nitrogen and oxygen atoms in total. The second-order valence-electron chi connectivity index (χ2n) is 7.10. The molecule has 168 valence electrons. The van der Waals surface area contributed by atoms with Crippen molar-refractivity contribution in [2.75, 3.05) is 48.4 Å². The highest BCUT2D eigenvalue weighted by molar-refractivity contribution is 7.99. The number of anilines is 2. The molecule has 1 saturated heterocycles. The number of hydrogen-bond acceptors (Lipinski definition) is 6. The van der Waals surface area contributed by atoms with Crippen LogP contribution in [0.25, 0.3) is 5.69 Å². The average Bonchev–Trinajstić information content (AvgIpc) is 3.24. The lowest BCUT2D eigenvalue weighted by atomic mass is 10.3. The van der Waals surface area contributed by atoms with Gasteiger partial charge < -0.3 is 14.5 Å². The van der Waals surface area contributed by atoms with Crippen molar-refractivity contribution in [2.45, 2.75) is 12.1 Å². The Labute approximate surface area is 189 Å². The molecule has 32 heavy (non-hydrogen) atoms. The van der Waals surface area contributed by atoms with Gasteiger partial charge in [-0.3, -0.25) is 9.36 Å². The van der Waals surface area contributed by atoms with Crippen molar-refractivity contribution in [1.29, 1.82) is 0 Å². The largest absolute Gasteiger partial charge is 0.378 e. The van der Waals surface area contributed by atoms with Crippen molar-refractivity contribution in [3.63, 3.8) is 0 Å². The second-order valence-corrected chi connectivity index (χ2v) is 8.04. The Morgan fingerprint density at radius 2 is 1.84 bits per heavy atom. The van der Waals surface area contributed by atoms with Gasteiger partial charge in [0.1, 0.15) is 11.6 Å². The lowest BCUT2D eigenvalue weighted by Crippen LogP contribution is -2.38. The molecule has 0 unspecified atom stereocenters. The fourth-order valence-electron chi connectivity index (χ4n) is 3.49. The van der Waals surface area contributed by atoms with E-state index in [1.165, 1.54) is 36.0 Å². The molecule has 1 amide bonds. The zero-order valence-electron chi connectivity index (χ0n) is 17.6. The molecule has 0 saturated carbocycles. The number of nitrogens with zero attached hydrogens (tertiary/aromatic N) is 5. The molecule has 4 rings (SSSR count). The van der Waals surface area contributed by atoms with Gasteiger partial charge in [0.25, 0.3) is 0 Å². The maximum absolute atomic E-state index is 14.0. The molecule has 10 heteroatoms. The Morgan fingerprint density at radius 1 is 1.09 bits per heavy atom. The summed E-state index contributed by atoms with van der Waals surface area (Å²) in [5.74, 6) is -0.192. The van der Waals surface area contributed by atoms with Crippen molar-refractivity contribution in [2.24, 2.45) is 0 Å². The van der Waals surface area contributed by atoms with Crippen LogP contribution in [0.4, 0.5) is 20.4 Å². The molecule has 0 spiro atoms. The Hall–Kier alpha value is -2.98. The lowest BCUT2D eigenvalue weighted by Gasteiger charge is -2.28. The monoisotopic (exact) mass is 459 g/mol. The fourth-order valence-corrected chi connectivity index (χ4v) is 4.32. The first-order valence-electron chi connectivity index (χ1n) is 10.3. The Balaban J connectivity index is 1.58. The second kappa shape index (κ2) is 10.1. The molecule has 0 bridgehead atoms. The van der Waals surface area contributed by atoms with E-state index in [-0.39, 0.29) is 23.3 Å². The molecule has 1 aliphatic rings. The summed E-state index contributed by atoms with van der Waals surface area (Å²) in [6, 6.07) is 12.0. The van der Waals surface area contributed by atoms with Gasteiger partial charge in [0, 0.05) is 25.3 Å². The Morgan fingerprint density at radius 3 is 2.53 bits per heavy atom. The van der Waals surface area contributed by atoms with Crippen molar-refractivity contribution < 1.29 is 18.3 Å². The molecule has 0 aliphatic carbocycles. The van der Waals surface area contributed by atoms with Gasteiger partial charge in [-0.25, -0.2) is 8.78 Å². The van der Waals surface area contributed by atoms with Crippen molar-refractivity contribution in [3.05, 3.63) is 60.2 Å². The van der Waals surface area contributed by atoms with Gasteiger partial charge in [-0.05, 0) is 49.4 Å². The topological polar surface area (TPSA) is 63.5 Å². The summed E-state index contributed by atoms with van der Waals surface area (Å²) in [5.41, 5.74) is 1.21. The first-order valence-corrected chi connectivity index (χ1v) is 11.3. The van der Waals surface area contributed by atoms with E-state index in [1.54, 1.807) is 33.7 Å². The number of halogens is 2. The summed E-state index contributed by atoms with van der Waals surface area (Å²) < 4.78 is 34.4. The highest BCUT2D eigenvalue weighted by Crippen LogP contribution is 2.28. The molecule has 0 atom stereocenters. The van der Waals surface area contributed by atoms with E-state index in [9.17, 15) is 13.6 Å². The molecule has 2 aromatic carbocycles. The van der Waals surface area contributed by atoms with E-state index in [4.69, 9.17) is 4.74 Å². The van der Waals surface area contributed by atoms with Gasteiger partial charge in [0.15, 0.2) is 5.16 Å². The number of benzene rings is 2. The summed E-state index contributed by atoms with van der Waals surface area (Å²) in [6.07, 6.45) is 0. The number of carbonyl (C=O) groups is 1. The summed E-state index contributed by atoms with van der Waals surface area (Å²) in [6.45, 7) is 4.73. The van der Waals surface area contributed by atoms with E-state index in [0.717, 1.165) is 0 Å². The van der Waals surface area contributed by atoms with Gasteiger partial charge >= 0.3 is 0 Å². The standard InChI is InChI=1S/C22H23F2N5O2S/c1-2-28(18-8-6-16(23)7-9-18)20(30)15-32-22-26-25-21(27-10-12-31-13-11-27)29(22)19-5-3-4-17(24)14-19/h3-9,14H,2,10-13,15H2,1H3. The number of thioether (sulfide) groups is 1. The normalized spacial score (nSPS) is 13.9. The first-order chi connectivity index (χ1) is 15.6. The summed E-state index contributed by atoms with van der Waals surface area (Å²) in [5, 5.41) is 9.11. The zero-order chi connectivity index (χ0) is 22.5. The molecular weight excluding hydrogens is 436 g/mol. The van der Waals surface area contributed by atoms with Crippen LogP contribution in [0.2, 0.25) is 0 Å². The maximum atomic E-state index is 14.0. The van der Waals surface area contributed by atoms with Crippen LogP contribution in [0.5, 0.6) is 0 Å². The highest BCUT2D eigenvalue weighted by Gasteiger charge is 2.23. The number of morpholine rings is 1. The smallest absolute Gasteiger partial charge is 0.237 e. The molecule has 0 radical (unpaired) electrons. The molecule has 3 aromatic rings. The SMILES string of the molecule is CCN(C(=O)CSc1nnc(N2CCOCC2)n1-c1cccc(F)c1)c1ccc(F)cc1. The van der Waals surface area contributed by atoms with E-state index >= 15 is 0 Å². The highest BCUT2D eigenvalue weighted by atomic mass is 32.2. The van der Waals surface area contributed by atoms with Crippen LogP contribution in [0.1, 0.15) is 6.92 Å². The van der Waals surface area contributed by atoms with Crippen LogP contribution in [0.3, 0.4) is 0 Å². The number of hydrogen-bond donors (Lipinski definition) is 0. The molecule has 1 fully saturated rings. The third-order valence-corrected chi connectivity index (χ3v) is 5.97. The quantitative estimate of drug-likeness (QED) is 0.504. The minimum atomic E-state index is -0.371. The van der Waals surface area contributed by atoms with E-state index < -0.39 is 0 Å². The maximum Gasteiger partial charge on any atom is 0.237 e. The first kappa shape index (κ1) is 22.2. The van der Waals surface area contributed by atoms with Gasteiger partial charge in [0.2, 0.25) is 11.9 Å².